The Bertz CT molecular complexity index is 372. The molecular formula is C17H27N. The van der Waals surface area contributed by atoms with Gasteiger partial charge >= 0.3 is 0 Å². The topological polar surface area (TPSA) is 12.0 Å². The van der Waals surface area contributed by atoms with E-state index >= 15 is 0 Å². The smallest absolute Gasteiger partial charge is 0.0138 e. The Balaban J connectivity index is 2.08. The first-order chi connectivity index (χ1) is 8.72. The van der Waals surface area contributed by atoms with Gasteiger partial charge in [-0.1, -0.05) is 51.0 Å². The molecule has 1 N–H and O–H groups in total. The van der Waals surface area contributed by atoms with E-state index in [9.17, 15) is 0 Å². The third-order valence-corrected chi connectivity index (χ3v) is 4.61. The van der Waals surface area contributed by atoms with Crippen LogP contribution in [0.3, 0.4) is 0 Å². The molecule has 0 bridgehead atoms. The summed E-state index contributed by atoms with van der Waals surface area (Å²) in [5.74, 6) is 1.75. The van der Waals surface area contributed by atoms with Crippen molar-refractivity contribution >= 4 is 0 Å². The van der Waals surface area contributed by atoms with Gasteiger partial charge in [-0.25, -0.2) is 0 Å². The van der Waals surface area contributed by atoms with Crippen molar-refractivity contribution in [2.24, 2.45) is 11.8 Å². The standard InChI is InChI=1S/C17H27N/c1-4-18-17(16-11-7-9-14(16)3)12-15-10-6-5-8-13(15)2/h5-6,8,10,14,16-18H,4,7,9,11-12H2,1-3H3. The summed E-state index contributed by atoms with van der Waals surface area (Å²) in [6.07, 6.45) is 5.43. The Labute approximate surface area is 112 Å². The Morgan fingerprint density at radius 2 is 2.06 bits per heavy atom. The highest BCUT2D eigenvalue weighted by Crippen LogP contribution is 2.34. The maximum absolute atomic E-state index is 3.73. The van der Waals surface area contributed by atoms with Crippen LogP contribution in [0.25, 0.3) is 0 Å². The Kier molecular flexibility index (Phi) is 4.82. The molecule has 1 heteroatoms. The molecule has 1 aromatic rings. The summed E-state index contributed by atoms with van der Waals surface area (Å²) in [7, 11) is 0. The summed E-state index contributed by atoms with van der Waals surface area (Å²) in [4.78, 5) is 0. The number of hydrogen-bond donors (Lipinski definition) is 1. The van der Waals surface area contributed by atoms with Gasteiger partial charge in [0.2, 0.25) is 0 Å². The maximum Gasteiger partial charge on any atom is 0.0138 e. The number of hydrogen-bond acceptors (Lipinski definition) is 1. The summed E-state index contributed by atoms with van der Waals surface area (Å²) in [6, 6.07) is 9.49. The minimum Gasteiger partial charge on any atom is -0.314 e. The highest BCUT2D eigenvalue weighted by molar-refractivity contribution is 5.26. The number of likely N-dealkylation sites (N-methyl/N-ethyl adjacent to an activating group) is 1. The van der Waals surface area contributed by atoms with Gasteiger partial charge < -0.3 is 5.32 Å². The Morgan fingerprint density at radius 1 is 1.28 bits per heavy atom. The molecule has 1 aromatic carbocycles. The van der Waals surface area contributed by atoms with E-state index < -0.39 is 0 Å². The lowest BCUT2D eigenvalue weighted by molar-refractivity contribution is 0.298. The second kappa shape index (κ2) is 6.38. The first-order valence-corrected chi connectivity index (χ1v) is 7.50. The van der Waals surface area contributed by atoms with Crippen LogP contribution < -0.4 is 5.32 Å². The van der Waals surface area contributed by atoms with Gasteiger partial charge in [-0.2, -0.15) is 0 Å². The fraction of sp³-hybridized carbons (Fsp3) is 0.647. The van der Waals surface area contributed by atoms with Gasteiger partial charge in [0.1, 0.15) is 0 Å². The van der Waals surface area contributed by atoms with Gasteiger partial charge in [-0.05, 0) is 49.3 Å². The molecule has 3 unspecified atom stereocenters. The fourth-order valence-corrected chi connectivity index (χ4v) is 3.49. The quantitative estimate of drug-likeness (QED) is 0.828. The van der Waals surface area contributed by atoms with Crippen molar-refractivity contribution in [1.29, 1.82) is 0 Å². The van der Waals surface area contributed by atoms with Crippen LogP contribution in [0.2, 0.25) is 0 Å². The summed E-state index contributed by atoms with van der Waals surface area (Å²) in [6.45, 7) is 7.97. The summed E-state index contributed by atoms with van der Waals surface area (Å²) in [5, 5.41) is 3.73. The summed E-state index contributed by atoms with van der Waals surface area (Å²) < 4.78 is 0. The van der Waals surface area contributed by atoms with Crippen molar-refractivity contribution in [1.82, 2.24) is 5.32 Å². The molecule has 2 rings (SSSR count). The molecule has 0 amide bonds. The molecule has 0 saturated heterocycles. The number of nitrogens with one attached hydrogen (secondary N) is 1. The zero-order valence-corrected chi connectivity index (χ0v) is 12.1. The van der Waals surface area contributed by atoms with Crippen LogP contribution in [-0.4, -0.2) is 12.6 Å². The highest BCUT2D eigenvalue weighted by atomic mass is 14.9. The second-order valence-electron chi connectivity index (χ2n) is 5.87. The van der Waals surface area contributed by atoms with Crippen molar-refractivity contribution in [2.45, 2.75) is 52.5 Å². The molecule has 3 atom stereocenters. The van der Waals surface area contributed by atoms with E-state index in [4.69, 9.17) is 0 Å². The predicted molar refractivity (Wildman–Crippen MR) is 78.9 cm³/mol. The lowest BCUT2D eigenvalue weighted by Crippen LogP contribution is -2.39. The molecule has 0 spiro atoms. The molecule has 100 valence electrons. The van der Waals surface area contributed by atoms with Gasteiger partial charge in [0.05, 0.1) is 0 Å². The first-order valence-electron chi connectivity index (χ1n) is 7.50. The monoisotopic (exact) mass is 245 g/mol. The van der Waals surface area contributed by atoms with Crippen LogP contribution in [-0.2, 0) is 6.42 Å². The molecule has 0 heterocycles. The SMILES string of the molecule is CCNC(Cc1ccccc1C)C1CCCC1C. The van der Waals surface area contributed by atoms with E-state index in [1.165, 1.54) is 36.8 Å². The minimum absolute atomic E-state index is 0.661. The molecule has 1 saturated carbocycles. The number of aryl methyl sites for hydroxylation is 1. The molecule has 1 fully saturated rings. The third-order valence-electron chi connectivity index (χ3n) is 4.61. The van der Waals surface area contributed by atoms with Gasteiger partial charge in [0.15, 0.2) is 0 Å². The molecular weight excluding hydrogens is 218 g/mol. The van der Waals surface area contributed by atoms with E-state index in [1.807, 2.05) is 0 Å². The van der Waals surface area contributed by atoms with E-state index in [2.05, 4.69) is 50.4 Å². The van der Waals surface area contributed by atoms with Crippen LogP contribution in [0, 0.1) is 18.8 Å². The third kappa shape index (κ3) is 3.14. The van der Waals surface area contributed by atoms with Crippen molar-refractivity contribution in [3.63, 3.8) is 0 Å². The van der Waals surface area contributed by atoms with Crippen LogP contribution in [0.5, 0.6) is 0 Å². The molecule has 18 heavy (non-hydrogen) atoms. The summed E-state index contributed by atoms with van der Waals surface area (Å²) >= 11 is 0. The lowest BCUT2D eigenvalue weighted by Gasteiger charge is -2.28. The summed E-state index contributed by atoms with van der Waals surface area (Å²) in [5.41, 5.74) is 2.95. The lowest BCUT2D eigenvalue weighted by atomic mass is 9.85. The molecule has 1 aliphatic rings. The van der Waals surface area contributed by atoms with Crippen molar-refractivity contribution in [2.75, 3.05) is 6.54 Å². The highest BCUT2D eigenvalue weighted by Gasteiger charge is 2.30. The normalized spacial score (nSPS) is 25.3. The van der Waals surface area contributed by atoms with Crippen LogP contribution in [0.1, 0.15) is 44.2 Å². The average molecular weight is 245 g/mol. The first kappa shape index (κ1) is 13.6. The zero-order valence-electron chi connectivity index (χ0n) is 12.1. The average Bonchev–Trinajstić information content (AvgIpc) is 2.78. The number of rotatable bonds is 5. The number of benzene rings is 1. The van der Waals surface area contributed by atoms with Crippen molar-refractivity contribution in [3.8, 4) is 0 Å². The van der Waals surface area contributed by atoms with Crippen molar-refractivity contribution in [3.05, 3.63) is 35.4 Å². The molecule has 0 aromatic heterocycles. The molecule has 0 radical (unpaired) electrons. The second-order valence-corrected chi connectivity index (χ2v) is 5.87. The molecule has 0 aliphatic heterocycles. The molecule has 1 nitrogen and oxygen atoms in total. The van der Waals surface area contributed by atoms with Crippen molar-refractivity contribution < 1.29 is 0 Å². The van der Waals surface area contributed by atoms with Gasteiger partial charge in [0.25, 0.3) is 0 Å². The minimum atomic E-state index is 0.661. The van der Waals surface area contributed by atoms with Gasteiger partial charge in [-0.3, -0.25) is 0 Å². The molecule has 1 aliphatic carbocycles. The predicted octanol–water partition coefficient (Wildman–Crippen LogP) is 3.95. The van der Waals surface area contributed by atoms with Crippen LogP contribution >= 0.6 is 0 Å². The Hall–Kier alpha value is -0.820. The Morgan fingerprint density at radius 3 is 2.67 bits per heavy atom. The van der Waals surface area contributed by atoms with E-state index in [0.717, 1.165) is 18.4 Å². The van der Waals surface area contributed by atoms with E-state index in [1.54, 1.807) is 0 Å². The largest absolute Gasteiger partial charge is 0.314 e. The fourth-order valence-electron chi connectivity index (χ4n) is 3.49. The maximum atomic E-state index is 3.73. The van der Waals surface area contributed by atoms with Gasteiger partial charge in [0, 0.05) is 6.04 Å². The zero-order chi connectivity index (χ0) is 13.0. The van der Waals surface area contributed by atoms with E-state index in [0.29, 0.717) is 6.04 Å². The van der Waals surface area contributed by atoms with Gasteiger partial charge in [-0.15, -0.1) is 0 Å². The van der Waals surface area contributed by atoms with Crippen LogP contribution in [0.15, 0.2) is 24.3 Å². The van der Waals surface area contributed by atoms with Crippen LogP contribution in [0.4, 0.5) is 0 Å². The van der Waals surface area contributed by atoms with E-state index in [-0.39, 0.29) is 0 Å².